The van der Waals surface area contributed by atoms with Crippen molar-refractivity contribution in [3.63, 3.8) is 0 Å². The highest BCUT2D eigenvalue weighted by Gasteiger charge is 2.13. The zero-order valence-corrected chi connectivity index (χ0v) is 9.46. The summed E-state index contributed by atoms with van der Waals surface area (Å²) in [5.74, 6) is 6.25. The molecule has 1 aromatic heterocycles. The predicted molar refractivity (Wildman–Crippen MR) is 57.7 cm³/mol. The summed E-state index contributed by atoms with van der Waals surface area (Å²) in [4.78, 5) is 0. The lowest BCUT2D eigenvalue weighted by Crippen LogP contribution is -2.28. The van der Waals surface area contributed by atoms with E-state index in [4.69, 9.17) is 10.3 Å². The lowest BCUT2D eigenvalue weighted by molar-refractivity contribution is 0.398. The van der Waals surface area contributed by atoms with E-state index in [-0.39, 0.29) is 11.8 Å². The molecule has 0 amide bonds. The van der Waals surface area contributed by atoms with Gasteiger partial charge in [0.05, 0.1) is 12.3 Å². The van der Waals surface area contributed by atoms with Crippen LogP contribution in [0.5, 0.6) is 0 Å². The fraction of sp³-hybridized carbons (Fsp3) is 0.556. The summed E-state index contributed by atoms with van der Waals surface area (Å²) >= 11 is 0. The predicted octanol–water partition coefficient (Wildman–Crippen LogP) is 0.609. The molecule has 0 fully saturated rings. The molecule has 0 aliphatic carbocycles. The molecule has 86 valence electrons. The molecule has 1 unspecified atom stereocenters. The van der Waals surface area contributed by atoms with Crippen LogP contribution in [0, 0.1) is 0 Å². The van der Waals surface area contributed by atoms with Crippen molar-refractivity contribution in [2.75, 3.05) is 12.0 Å². The fourth-order valence-electron chi connectivity index (χ4n) is 1.35. The van der Waals surface area contributed by atoms with Gasteiger partial charge in [-0.15, -0.1) is 0 Å². The molecule has 6 heteroatoms. The van der Waals surface area contributed by atoms with Gasteiger partial charge in [-0.2, -0.15) is 0 Å². The summed E-state index contributed by atoms with van der Waals surface area (Å²) in [6, 6.07) is 3.46. The van der Waals surface area contributed by atoms with Crippen LogP contribution in [0.3, 0.4) is 0 Å². The molecule has 1 atom stereocenters. The fourth-order valence-corrected chi connectivity index (χ4v) is 2.04. The highest BCUT2D eigenvalue weighted by molar-refractivity contribution is 7.90. The number of sulfone groups is 1. The maximum atomic E-state index is 10.9. The van der Waals surface area contributed by atoms with E-state index in [1.807, 2.05) is 6.07 Å². The average Bonchev–Trinajstić information content (AvgIpc) is 2.63. The van der Waals surface area contributed by atoms with E-state index in [0.29, 0.717) is 12.8 Å². The highest BCUT2D eigenvalue weighted by atomic mass is 32.2. The third kappa shape index (κ3) is 4.46. The van der Waals surface area contributed by atoms with Crippen LogP contribution in [-0.4, -0.2) is 20.4 Å². The van der Waals surface area contributed by atoms with Crippen LogP contribution in [-0.2, 0) is 9.84 Å². The second kappa shape index (κ2) is 5.29. The molecule has 1 rings (SSSR count). The molecule has 0 aliphatic rings. The second-order valence-electron chi connectivity index (χ2n) is 3.51. The smallest absolute Gasteiger partial charge is 0.147 e. The van der Waals surface area contributed by atoms with E-state index in [1.54, 1.807) is 12.3 Å². The Bertz CT molecular complexity index is 372. The largest absolute Gasteiger partial charge is 0.468 e. The normalized spacial score (nSPS) is 14.0. The summed E-state index contributed by atoms with van der Waals surface area (Å²) in [7, 11) is -2.90. The molecule has 0 spiro atoms. The van der Waals surface area contributed by atoms with Crippen molar-refractivity contribution in [1.82, 2.24) is 5.43 Å². The van der Waals surface area contributed by atoms with Crippen molar-refractivity contribution < 1.29 is 12.8 Å². The molecular formula is C9H16N2O3S. The molecule has 1 heterocycles. The van der Waals surface area contributed by atoms with E-state index in [2.05, 4.69) is 5.43 Å². The summed E-state index contributed by atoms with van der Waals surface area (Å²) in [5.41, 5.74) is 2.60. The van der Waals surface area contributed by atoms with Crippen LogP contribution in [0.25, 0.3) is 0 Å². The molecule has 0 aromatic carbocycles. The molecule has 1 aromatic rings. The second-order valence-corrected chi connectivity index (χ2v) is 5.77. The first kappa shape index (κ1) is 12.2. The quantitative estimate of drug-likeness (QED) is 0.554. The standard InChI is InChI=1S/C9H16N2O3S/c1-15(12,13)7-3-4-8(11-10)9-5-2-6-14-9/h2,5-6,8,11H,3-4,7,10H2,1H3. The van der Waals surface area contributed by atoms with Crippen LogP contribution < -0.4 is 11.3 Å². The van der Waals surface area contributed by atoms with Crippen LogP contribution in [0.1, 0.15) is 24.6 Å². The summed E-state index contributed by atoms with van der Waals surface area (Å²) in [5, 5.41) is 0. The number of hydrogen-bond acceptors (Lipinski definition) is 5. The molecule has 0 aliphatic heterocycles. The van der Waals surface area contributed by atoms with Gasteiger partial charge >= 0.3 is 0 Å². The minimum absolute atomic E-state index is 0.123. The topological polar surface area (TPSA) is 85.3 Å². The van der Waals surface area contributed by atoms with Gasteiger partial charge in [-0.25, -0.2) is 13.8 Å². The number of rotatable bonds is 6. The number of nitrogens with two attached hydrogens (primary N) is 1. The van der Waals surface area contributed by atoms with Gasteiger partial charge in [0.2, 0.25) is 0 Å². The Hall–Kier alpha value is -0.850. The Kier molecular flexibility index (Phi) is 4.31. The minimum Gasteiger partial charge on any atom is -0.468 e. The Morgan fingerprint density at radius 3 is 2.80 bits per heavy atom. The van der Waals surface area contributed by atoms with Crippen molar-refractivity contribution in [2.45, 2.75) is 18.9 Å². The Balaban J connectivity index is 2.42. The van der Waals surface area contributed by atoms with Gasteiger partial charge in [-0.3, -0.25) is 5.84 Å². The first-order valence-electron chi connectivity index (χ1n) is 4.70. The van der Waals surface area contributed by atoms with Crippen molar-refractivity contribution in [3.8, 4) is 0 Å². The van der Waals surface area contributed by atoms with Gasteiger partial charge in [0.1, 0.15) is 15.6 Å². The lowest BCUT2D eigenvalue weighted by atomic mass is 10.1. The Morgan fingerprint density at radius 1 is 1.60 bits per heavy atom. The summed E-state index contributed by atoms with van der Waals surface area (Å²) in [6.07, 6.45) is 3.99. The lowest BCUT2D eigenvalue weighted by Gasteiger charge is -2.12. The van der Waals surface area contributed by atoms with Crippen molar-refractivity contribution in [2.24, 2.45) is 5.84 Å². The van der Waals surface area contributed by atoms with Crippen molar-refractivity contribution >= 4 is 9.84 Å². The molecule has 0 bridgehead atoms. The first-order chi connectivity index (χ1) is 7.03. The van der Waals surface area contributed by atoms with Crippen LogP contribution >= 0.6 is 0 Å². The summed E-state index contributed by atoms with van der Waals surface area (Å²) < 4.78 is 27.0. The molecular weight excluding hydrogens is 216 g/mol. The van der Waals surface area contributed by atoms with Crippen molar-refractivity contribution in [3.05, 3.63) is 24.2 Å². The molecule has 0 saturated heterocycles. The Labute approximate surface area is 89.5 Å². The zero-order valence-electron chi connectivity index (χ0n) is 8.64. The van der Waals surface area contributed by atoms with Gasteiger partial charge in [0, 0.05) is 12.0 Å². The minimum atomic E-state index is -2.90. The van der Waals surface area contributed by atoms with E-state index < -0.39 is 9.84 Å². The highest BCUT2D eigenvalue weighted by Crippen LogP contribution is 2.17. The van der Waals surface area contributed by atoms with Gasteiger partial charge in [0.25, 0.3) is 0 Å². The molecule has 0 saturated carbocycles. The van der Waals surface area contributed by atoms with Gasteiger partial charge in [-0.1, -0.05) is 0 Å². The molecule has 3 N–H and O–H groups in total. The maximum Gasteiger partial charge on any atom is 0.147 e. The van der Waals surface area contributed by atoms with E-state index in [9.17, 15) is 8.42 Å². The van der Waals surface area contributed by atoms with E-state index in [1.165, 1.54) is 6.26 Å². The Morgan fingerprint density at radius 2 is 2.33 bits per heavy atom. The number of hydrazine groups is 1. The number of nitrogens with one attached hydrogen (secondary N) is 1. The van der Waals surface area contributed by atoms with Gasteiger partial charge < -0.3 is 4.42 Å². The van der Waals surface area contributed by atoms with Gasteiger partial charge in [0.15, 0.2) is 0 Å². The average molecular weight is 232 g/mol. The number of hydrogen-bond donors (Lipinski definition) is 2. The van der Waals surface area contributed by atoms with Crippen LogP contribution in [0.15, 0.2) is 22.8 Å². The first-order valence-corrected chi connectivity index (χ1v) is 6.76. The van der Waals surface area contributed by atoms with E-state index in [0.717, 1.165) is 5.76 Å². The monoisotopic (exact) mass is 232 g/mol. The number of furan rings is 1. The van der Waals surface area contributed by atoms with Crippen LogP contribution in [0.4, 0.5) is 0 Å². The third-order valence-corrected chi connectivity index (χ3v) is 3.13. The molecule has 15 heavy (non-hydrogen) atoms. The maximum absolute atomic E-state index is 10.9. The molecule has 0 radical (unpaired) electrons. The summed E-state index contributed by atoms with van der Waals surface area (Å²) in [6.45, 7) is 0. The van der Waals surface area contributed by atoms with E-state index >= 15 is 0 Å². The van der Waals surface area contributed by atoms with Crippen molar-refractivity contribution in [1.29, 1.82) is 0 Å². The zero-order chi connectivity index (χ0) is 11.3. The molecule has 5 nitrogen and oxygen atoms in total. The van der Waals surface area contributed by atoms with Gasteiger partial charge in [-0.05, 0) is 25.0 Å². The third-order valence-electron chi connectivity index (χ3n) is 2.10. The SMILES string of the molecule is CS(=O)(=O)CCCC(NN)c1ccco1. The van der Waals surface area contributed by atoms with Crippen LogP contribution in [0.2, 0.25) is 0 Å².